The summed E-state index contributed by atoms with van der Waals surface area (Å²) in [5.41, 5.74) is 5.91. The summed E-state index contributed by atoms with van der Waals surface area (Å²) < 4.78 is 12.9. The number of hydrogen-bond acceptors (Lipinski definition) is 1. The lowest BCUT2D eigenvalue weighted by Gasteiger charge is -2.18. The van der Waals surface area contributed by atoms with E-state index in [2.05, 4.69) is 42.2 Å². The topological polar surface area (TPSA) is 12.0 Å². The molecule has 0 amide bonds. The number of benzene rings is 2. The van der Waals surface area contributed by atoms with Gasteiger partial charge in [-0.1, -0.05) is 60.2 Å². The number of rotatable bonds is 2. The molecular weight excluding hydrogens is 261 g/mol. The van der Waals surface area contributed by atoms with Gasteiger partial charge in [-0.3, -0.25) is 0 Å². The quantitative estimate of drug-likeness (QED) is 0.802. The largest absolute Gasteiger partial charge is 0.309 e. The van der Waals surface area contributed by atoms with Crippen LogP contribution >= 0.6 is 0 Å². The second-order valence-electron chi connectivity index (χ2n) is 5.46. The van der Waals surface area contributed by atoms with Gasteiger partial charge in [0.1, 0.15) is 5.82 Å². The van der Waals surface area contributed by atoms with Crippen LogP contribution < -0.4 is 5.32 Å². The van der Waals surface area contributed by atoms with E-state index in [9.17, 15) is 4.39 Å². The van der Waals surface area contributed by atoms with Crippen LogP contribution in [0.2, 0.25) is 0 Å². The fourth-order valence-corrected chi connectivity index (χ4v) is 2.60. The maximum absolute atomic E-state index is 12.9. The van der Waals surface area contributed by atoms with E-state index in [1.54, 1.807) is 12.1 Å². The third kappa shape index (κ3) is 3.47. The Kier molecular flexibility index (Phi) is 3.98. The molecule has 2 aromatic carbocycles. The van der Waals surface area contributed by atoms with Crippen molar-refractivity contribution in [3.05, 3.63) is 77.6 Å². The van der Waals surface area contributed by atoms with E-state index < -0.39 is 0 Å². The van der Waals surface area contributed by atoms with Crippen molar-refractivity contribution in [2.45, 2.75) is 6.42 Å². The second kappa shape index (κ2) is 6.06. The highest BCUT2D eigenvalue weighted by molar-refractivity contribution is 5.66. The molecule has 106 valence electrons. The van der Waals surface area contributed by atoms with Gasteiger partial charge in [-0.25, -0.2) is 4.39 Å². The molecule has 0 aromatic heterocycles. The van der Waals surface area contributed by atoms with Crippen LogP contribution in [0.5, 0.6) is 0 Å². The fourth-order valence-electron chi connectivity index (χ4n) is 2.60. The maximum Gasteiger partial charge on any atom is 0.123 e. The molecule has 1 nitrogen and oxygen atoms in total. The Balaban J connectivity index is 1.79. The molecule has 3 rings (SSSR count). The molecule has 1 aliphatic heterocycles. The van der Waals surface area contributed by atoms with Gasteiger partial charge in [0.05, 0.1) is 0 Å². The first-order chi connectivity index (χ1) is 10.2. The maximum atomic E-state index is 12.9. The minimum Gasteiger partial charge on any atom is -0.309 e. The zero-order chi connectivity index (χ0) is 14.7. The highest BCUT2D eigenvalue weighted by atomic mass is 19.1. The van der Waals surface area contributed by atoms with E-state index in [0.29, 0.717) is 0 Å². The summed E-state index contributed by atoms with van der Waals surface area (Å²) in [4.78, 5) is 0. The Morgan fingerprint density at radius 1 is 0.905 bits per heavy atom. The van der Waals surface area contributed by atoms with Crippen molar-refractivity contribution >= 4 is 6.08 Å². The summed E-state index contributed by atoms with van der Waals surface area (Å²) >= 11 is 0. The van der Waals surface area contributed by atoms with Crippen LogP contribution in [0.3, 0.4) is 0 Å². The second-order valence-corrected chi connectivity index (χ2v) is 5.46. The van der Waals surface area contributed by atoms with Crippen LogP contribution in [0.1, 0.15) is 12.0 Å². The summed E-state index contributed by atoms with van der Waals surface area (Å²) in [5, 5.41) is 3.34. The molecule has 0 atom stereocenters. The van der Waals surface area contributed by atoms with Crippen molar-refractivity contribution in [1.82, 2.24) is 5.32 Å². The third-order valence-corrected chi connectivity index (χ3v) is 3.66. The Labute approximate surface area is 124 Å². The third-order valence-electron chi connectivity index (χ3n) is 3.66. The zero-order valence-electron chi connectivity index (χ0n) is 11.9. The lowest BCUT2D eigenvalue weighted by molar-refractivity contribution is 0.628. The van der Waals surface area contributed by atoms with Crippen LogP contribution in [0.25, 0.3) is 17.2 Å². The van der Waals surface area contributed by atoms with Crippen molar-refractivity contribution in [2.75, 3.05) is 13.1 Å². The fraction of sp³-hybridized carbons (Fsp3) is 0.158. The van der Waals surface area contributed by atoms with E-state index >= 15 is 0 Å². The first-order valence-electron chi connectivity index (χ1n) is 7.13. The van der Waals surface area contributed by atoms with E-state index in [4.69, 9.17) is 0 Å². The molecule has 1 N–H and O–H groups in total. The Morgan fingerprint density at radius 3 is 2.14 bits per heavy atom. The van der Waals surface area contributed by atoms with Gasteiger partial charge >= 0.3 is 0 Å². The van der Waals surface area contributed by atoms with Crippen molar-refractivity contribution in [2.24, 2.45) is 0 Å². The molecule has 0 spiro atoms. The molecule has 0 aliphatic carbocycles. The summed E-state index contributed by atoms with van der Waals surface area (Å²) in [5.74, 6) is -0.204. The number of piperidine rings is 1. The van der Waals surface area contributed by atoms with E-state index in [0.717, 1.165) is 30.6 Å². The molecule has 1 heterocycles. The van der Waals surface area contributed by atoms with Gasteiger partial charge in [-0.2, -0.15) is 0 Å². The highest BCUT2D eigenvalue weighted by Crippen LogP contribution is 2.22. The minimum absolute atomic E-state index is 0.204. The first-order valence-corrected chi connectivity index (χ1v) is 7.13. The lowest BCUT2D eigenvalue weighted by Crippen LogP contribution is -2.25. The standard InChI is InChI=1S/C19H18FN/c1-14-10-16(13-21-12-14)11-15-2-4-17(5-3-15)18-6-8-19(20)9-7-18/h2-9,11,21H,1,10,12-13H2. The minimum atomic E-state index is -0.204. The average Bonchev–Trinajstić information content (AvgIpc) is 2.49. The molecule has 1 aliphatic rings. The Hall–Kier alpha value is -2.19. The SMILES string of the molecule is C=C1CNCC(=Cc2ccc(-c3ccc(F)cc3)cc2)C1. The normalized spacial score (nSPS) is 17.2. The van der Waals surface area contributed by atoms with E-state index in [1.807, 2.05) is 0 Å². The molecule has 2 aromatic rings. The lowest BCUT2D eigenvalue weighted by atomic mass is 9.99. The van der Waals surface area contributed by atoms with E-state index in [1.165, 1.54) is 28.8 Å². The molecule has 1 saturated heterocycles. The van der Waals surface area contributed by atoms with Crippen LogP contribution in [-0.4, -0.2) is 13.1 Å². The van der Waals surface area contributed by atoms with Crippen molar-refractivity contribution in [1.29, 1.82) is 0 Å². The van der Waals surface area contributed by atoms with Crippen molar-refractivity contribution in [3.63, 3.8) is 0 Å². The summed E-state index contributed by atoms with van der Waals surface area (Å²) in [6, 6.07) is 14.9. The van der Waals surface area contributed by atoms with E-state index in [-0.39, 0.29) is 5.82 Å². The molecule has 2 heteroatoms. The van der Waals surface area contributed by atoms with Gasteiger partial charge in [-0.15, -0.1) is 0 Å². The zero-order valence-corrected chi connectivity index (χ0v) is 11.9. The van der Waals surface area contributed by atoms with Gasteiger partial charge in [0.15, 0.2) is 0 Å². The van der Waals surface area contributed by atoms with Gasteiger partial charge in [-0.05, 0) is 35.2 Å². The molecule has 1 fully saturated rings. The predicted molar refractivity (Wildman–Crippen MR) is 86.4 cm³/mol. The monoisotopic (exact) mass is 279 g/mol. The van der Waals surface area contributed by atoms with Gasteiger partial charge < -0.3 is 5.32 Å². The predicted octanol–water partition coefficient (Wildman–Crippen LogP) is 4.43. The molecule has 21 heavy (non-hydrogen) atoms. The molecule has 0 saturated carbocycles. The van der Waals surface area contributed by atoms with Crippen molar-refractivity contribution in [3.8, 4) is 11.1 Å². The Morgan fingerprint density at radius 2 is 1.52 bits per heavy atom. The van der Waals surface area contributed by atoms with Gasteiger partial charge in [0.2, 0.25) is 0 Å². The van der Waals surface area contributed by atoms with Crippen LogP contribution in [0, 0.1) is 5.82 Å². The number of halogens is 1. The summed E-state index contributed by atoms with van der Waals surface area (Å²) in [6.07, 6.45) is 3.19. The smallest absolute Gasteiger partial charge is 0.123 e. The molecule has 0 bridgehead atoms. The van der Waals surface area contributed by atoms with Crippen LogP contribution in [0.4, 0.5) is 4.39 Å². The van der Waals surface area contributed by atoms with Crippen molar-refractivity contribution < 1.29 is 4.39 Å². The average molecular weight is 279 g/mol. The van der Waals surface area contributed by atoms with Crippen LogP contribution in [0.15, 0.2) is 66.3 Å². The highest BCUT2D eigenvalue weighted by Gasteiger charge is 2.07. The number of nitrogens with one attached hydrogen (secondary N) is 1. The summed E-state index contributed by atoms with van der Waals surface area (Å²) in [6.45, 7) is 5.88. The first kappa shape index (κ1) is 13.8. The number of hydrogen-bond donors (Lipinski definition) is 1. The molecule has 0 radical (unpaired) electrons. The van der Waals surface area contributed by atoms with Gasteiger partial charge in [0.25, 0.3) is 0 Å². The molecule has 0 unspecified atom stereocenters. The molecular formula is C19H18FN. The summed E-state index contributed by atoms with van der Waals surface area (Å²) in [7, 11) is 0. The Bertz CT molecular complexity index is 666. The van der Waals surface area contributed by atoms with Gasteiger partial charge in [0, 0.05) is 13.1 Å². The van der Waals surface area contributed by atoms with Crippen LogP contribution in [-0.2, 0) is 0 Å².